The van der Waals surface area contributed by atoms with E-state index in [9.17, 15) is 4.79 Å². The first-order chi connectivity index (χ1) is 7.15. The molecular weight excluding hydrogens is 194 g/mol. The fraction of sp³-hybridized carbons (Fsp3) is 0.400. The summed E-state index contributed by atoms with van der Waals surface area (Å²) in [4.78, 5) is 14.4. The minimum atomic E-state index is -0.892. The second-order valence-electron chi connectivity index (χ2n) is 3.31. The molecule has 5 nitrogen and oxygen atoms in total. The van der Waals surface area contributed by atoms with E-state index in [1.165, 1.54) is 0 Å². The van der Waals surface area contributed by atoms with Crippen LogP contribution in [0.25, 0.3) is 0 Å². The summed E-state index contributed by atoms with van der Waals surface area (Å²) in [6.07, 6.45) is 3.26. The van der Waals surface area contributed by atoms with E-state index in [0.29, 0.717) is 0 Å². The van der Waals surface area contributed by atoms with Gasteiger partial charge >= 0.3 is 5.97 Å². The van der Waals surface area contributed by atoms with Crippen molar-refractivity contribution in [2.24, 2.45) is 5.73 Å². The average molecular weight is 209 g/mol. The summed E-state index contributed by atoms with van der Waals surface area (Å²) < 4.78 is 0. The van der Waals surface area contributed by atoms with Crippen molar-refractivity contribution in [2.75, 3.05) is 7.05 Å². The number of pyridine rings is 1. The van der Waals surface area contributed by atoms with Crippen LogP contribution in [0.3, 0.4) is 0 Å². The van der Waals surface area contributed by atoms with Crippen LogP contribution in [0.4, 0.5) is 0 Å². The van der Waals surface area contributed by atoms with Gasteiger partial charge in [-0.3, -0.25) is 9.78 Å². The normalized spacial score (nSPS) is 14.5. The lowest BCUT2D eigenvalue weighted by molar-refractivity contribution is -0.137. The van der Waals surface area contributed by atoms with E-state index in [2.05, 4.69) is 10.3 Å². The molecule has 0 radical (unpaired) electrons. The smallest absolute Gasteiger partial charge is 0.304 e. The molecule has 5 heteroatoms. The Hall–Kier alpha value is -1.46. The van der Waals surface area contributed by atoms with Gasteiger partial charge in [-0.25, -0.2) is 0 Å². The highest BCUT2D eigenvalue weighted by atomic mass is 16.4. The lowest BCUT2D eigenvalue weighted by atomic mass is 9.99. The van der Waals surface area contributed by atoms with Crippen LogP contribution in [-0.4, -0.2) is 29.1 Å². The van der Waals surface area contributed by atoms with Crippen molar-refractivity contribution < 1.29 is 9.90 Å². The van der Waals surface area contributed by atoms with E-state index in [0.717, 1.165) is 5.56 Å². The number of nitrogens with zero attached hydrogens (tertiary/aromatic N) is 1. The van der Waals surface area contributed by atoms with Crippen molar-refractivity contribution in [1.29, 1.82) is 0 Å². The number of carboxylic acids is 1. The summed E-state index contributed by atoms with van der Waals surface area (Å²) in [5.41, 5.74) is 6.74. The Labute approximate surface area is 88.3 Å². The minimum absolute atomic E-state index is 0.0617. The number of hydrogen-bond acceptors (Lipinski definition) is 4. The Bertz CT molecular complexity index is 316. The molecule has 0 spiro atoms. The summed E-state index contributed by atoms with van der Waals surface area (Å²) in [6.45, 7) is 0. The number of carbonyl (C=O) groups is 1. The van der Waals surface area contributed by atoms with E-state index >= 15 is 0 Å². The van der Waals surface area contributed by atoms with Crippen LogP contribution >= 0.6 is 0 Å². The van der Waals surface area contributed by atoms with E-state index in [4.69, 9.17) is 10.8 Å². The van der Waals surface area contributed by atoms with E-state index < -0.39 is 12.0 Å². The molecule has 0 aliphatic carbocycles. The molecule has 1 heterocycles. The van der Waals surface area contributed by atoms with Gasteiger partial charge in [-0.2, -0.15) is 0 Å². The molecule has 82 valence electrons. The maximum Gasteiger partial charge on any atom is 0.304 e. The zero-order valence-electron chi connectivity index (χ0n) is 8.55. The van der Waals surface area contributed by atoms with Crippen LogP contribution in [0.2, 0.25) is 0 Å². The zero-order valence-corrected chi connectivity index (χ0v) is 8.55. The molecule has 2 unspecified atom stereocenters. The molecule has 15 heavy (non-hydrogen) atoms. The number of hydrogen-bond donors (Lipinski definition) is 3. The van der Waals surface area contributed by atoms with Crippen molar-refractivity contribution in [1.82, 2.24) is 10.3 Å². The summed E-state index contributed by atoms with van der Waals surface area (Å²) in [5, 5.41) is 11.7. The molecule has 2 atom stereocenters. The predicted octanol–water partition coefficient (Wildman–Crippen LogP) is 0.144. The van der Waals surface area contributed by atoms with Crippen molar-refractivity contribution in [3.8, 4) is 0 Å². The maximum atomic E-state index is 10.5. The van der Waals surface area contributed by atoms with Crippen LogP contribution in [0.15, 0.2) is 24.5 Å². The Morgan fingerprint density at radius 2 is 2.20 bits per heavy atom. The van der Waals surface area contributed by atoms with Crippen LogP contribution < -0.4 is 11.1 Å². The van der Waals surface area contributed by atoms with E-state index in [1.54, 1.807) is 19.4 Å². The van der Waals surface area contributed by atoms with Gasteiger partial charge < -0.3 is 16.2 Å². The van der Waals surface area contributed by atoms with Gasteiger partial charge in [0.25, 0.3) is 0 Å². The van der Waals surface area contributed by atoms with Gasteiger partial charge in [-0.1, -0.05) is 0 Å². The summed E-state index contributed by atoms with van der Waals surface area (Å²) in [5.74, 6) is -0.892. The molecule has 0 aliphatic rings. The highest BCUT2D eigenvalue weighted by Gasteiger charge is 2.20. The first kappa shape index (κ1) is 11.6. The fourth-order valence-corrected chi connectivity index (χ4v) is 1.52. The van der Waals surface area contributed by atoms with Crippen LogP contribution in [0, 0.1) is 0 Å². The largest absolute Gasteiger partial charge is 0.481 e. The number of nitrogens with one attached hydrogen (secondary N) is 1. The minimum Gasteiger partial charge on any atom is -0.481 e. The summed E-state index contributed by atoms with van der Waals surface area (Å²) >= 11 is 0. The number of aliphatic carboxylic acids is 1. The van der Waals surface area contributed by atoms with Crippen molar-refractivity contribution in [3.63, 3.8) is 0 Å². The number of aromatic nitrogens is 1. The molecule has 0 saturated carbocycles. The SMILES string of the molecule is CNC(c1ccncc1)C(N)CC(=O)O. The fourth-order valence-electron chi connectivity index (χ4n) is 1.52. The van der Waals surface area contributed by atoms with Gasteiger partial charge in [0.1, 0.15) is 0 Å². The second-order valence-corrected chi connectivity index (χ2v) is 3.31. The number of rotatable bonds is 5. The lowest BCUT2D eigenvalue weighted by Gasteiger charge is -2.22. The lowest BCUT2D eigenvalue weighted by Crippen LogP contribution is -2.37. The Morgan fingerprint density at radius 3 is 2.67 bits per heavy atom. The number of likely N-dealkylation sites (N-methyl/N-ethyl adjacent to an activating group) is 1. The molecule has 1 aromatic rings. The molecule has 1 rings (SSSR count). The standard InChI is InChI=1S/C10H15N3O2/c1-12-10(8(11)6-9(14)15)7-2-4-13-5-3-7/h2-5,8,10,12H,6,11H2,1H3,(H,14,15). The molecule has 0 aliphatic heterocycles. The first-order valence-electron chi connectivity index (χ1n) is 4.69. The highest BCUT2D eigenvalue weighted by Crippen LogP contribution is 2.16. The van der Waals surface area contributed by atoms with E-state index in [-0.39, 0.29) is 12.5 Å². The third kappa shape index (κ3) is 3.30. The number of carboxylic acid groups (broad SMARTS) is 1. The molecule has 0 bridgehead atoms. The van der Waals surface area contributed by atoms with Crippen molar-refractivity contribution in [2.45, 2.75) is 18.5 Å². The number of nitrogens with two attached hydrogens (primary N) is 1. The molecule has 4 N–H and O–H groups in total. The van der Waals surface area contributed by atoms with Gasteiger partial charge in [-0.05, 0) is 24.7 Å². The molecular formula is C10H15N3O2. The summed E-state index contributed by atoms with van der Waals surface area (Å²) in [7, 11) is 1.76. The zero-order chi connectivity index (χ0) is 11.3. The van der Waals surface area contributed by atoms with Gasteiger partial charge in [-0.15, -0.1) is 0 Å². The Balaban J connectivity index is 2.75. The molecule has 1 aromatic heterocycles. The average Bonchev–Trinajstić information content (AvgIpc) is 2.19. The van der Waals surface area contributed by atoms with Crippen LogP contribution in [0.1, 0.15) is 18.0 Å². The first-order valence-corrected chi connectivity index (χ1v) is 4.69. The van der Waals surface area contributed by atoms with Crippen molar-refractivity contribution >= 4 is 5.97 Å². The highest BCUT2D eigenvalue weighted by molar-refractivity contribution is 5.67. The van der Waals surface area contributed by atoms with Crippen molar-refractivity contribution in [3.05, 3.63) is 30.1 Å². The van der Waals surface area contributed by atoms with Gasteiger partial charge in [0, 0.05) is 24.5 Å². The molecule has 0 saturated heterocycles. The van der Waals surface area contributed by atoms with Gasteiger partial charge in [0.2, 0.25) is 0 Å². The molecule has 0 aromatic carbocycles. The topological polar surface area (TPSA) is 88.2 Å². The quantitative estimate of drug-likeness (QED) is 0.642. The maximum absolute atomic E-state index is 10.5. The van der Waals surface area contributed by atoms with Crippen LogP contribution in [-0.2, 0) is 4.79 Å². The summed E-state index contributed by atoms with van der Waals surface area (Å²) in [6, 6.07) is 3.03. The Morgan fingerprint density at radius 1 is 1.60 bits per heavy atom. The molecule has 0 fully saturated rings. The van der Waals surface area contributed by atoms with Gasteiger partial charge in [0.15, 0.2) is 0 Å². The van der Waals surface area contributed by atoms with Gasteiger partial charge in [0.05, 0.1) is 6.42 Å². The second kappa shape index (κ2) is 5.43. The monoisotopic (exact) mass is 209 g/mol. The Kier molecular flexibility index (Phi) is 4.20. The molecule has 0 amide bonds. The van der Waals surface area contributed by atoms with Crippen LogP contribution in [0.5, 0.6) is 0 Å². The third-order valence-electron chi connectivity index (χ3n) is 2.21. The predicted molar refractivity (Wildman–Crippen MR) is 56.3 cm³/mol. The van der Waals surface area contributed by atoms with E-state index in [1.807, 2.05) is 12.1 Å². The third-order valence-corrected chi connectivity index (χ3v) is 2.21.